The molecule has 0 radical (unpaired) electrons. The molecule has 0 saturated heterocycles. The average Bonchev–Trinajstić information content (AvgIpc) is 2.84. The van der Waals surface area contributed by atoms with Crippen molar-refractivity contribution in [2.75, 3.05) is 5.73 Å². The molecule has 5 nitrogen and oxygen atoms in total. The van der Waals surface area contributed by atoms with Gasteiger partial charge < -0.3 is 10.5 Å². The third-order valence-corrected chi connectivity index (χ3v) is 3.28. The van der Waals surface area contributed by atoms with E-state index in [4.69, 9.17) is 10.5 Å². The topological polar surface area (TPSA) is 70.1 Å². The lowest BCUT2D eigenvalue weighted by molar-refractivity contribution is 0.00832. The Labute approximate surface area is 111 Å². The molecule has 1 heterocycles. The number of anilines is 1. The van der Waals surface area contributed by atoms with Crippen molar-refractivity contribution >= 4 is 11.7 Å². The number of carbonyl (C=O) groups excluding carboxylic acids is 1. The van der Waals surface area contributed by atoms with Gasteiger partial charge in [0.1, 0.15) is 6.10 Å². The third kappa shape index (κ3) is 2.45. The summed E-state index contributed by atoms with van der Waals surface area (Å²) < 4.78 is 6.94. The first-order valence-electron chi connectivity index (χ1n) is 6.35. The van der Waals surface area contributed by atoms with Gasteiger partial charge in [-0.25, -0.2) is 9.48 Å². The van der Waals surface area contributed by atoms with E-state index in [1.165, 1.54) is 0 Å². The summed E-state index contributed by atoms with van der Waals surface area (Å²) in [5, 5.41) is 4.22. The number of rotatable bonds is 3. The maximum atomic E-state index is 11.8. The van der Waals surface area contributed by atoms with E-state index < -0.39 is 0 Å². The first-order chi connectivity index (χ1) is 9.22. The van der Waals surface area contributed by atoms with Crippen LogP contribution in [0.25, 0.3) is 5.69 Å². The summed E-state index contributed by atoms with van der Waals surface area (Å²) in [6.07, 6.45) is 4.88. The third-order valence-electron chi connectivity index (χ3n) is 3.28. The van der Waals surface area contributed by atoms with Crippen LogP contribution in [0.4, 0.5) is 5.69 Å². The van der Waals surface area contributed by atoms with E-state index >= 15 is 0 Å². The molecule has 0 bridgehead atoms. The summed E-state index contributed by atoms with van der Waals surface area (Å²) in [4.78, 5) is 11.8. The minimum absolute atomic E-state index is 0.0779. The Morgan fingerprint density at radius 3 is 2.63 bits per heavy atom. The number of esters is 1. The summed E-state index contributed by atoms with van der Waals surface area (Å²) >= 11 is 0. The lowest BCUT2D eigenvalue weighted by Crippen LogP contribution is -2.25. The highest BCUT2D eigenvalue weighted by atomic mass is 16.5. The lowest BCUT2D eigenvalue weighted by Gasteiger charge is -2.24. The first-order valence-corrected chi connectivity index (χ1v) is 6.35. The molecule has 0 aliphatic heterocycles. The zero-order chi connectivity index (χ0) is 13.2. The van der Waals surface area contributed by atoms with Gasteiger partial charge in [0.2, 0.25) is 0 Å². The van der Waals surface area contributed by atoms with E-state index in [1.54, 1.807) is 29.1 Å². The Balaban J connectivity index is 1.74. The molecule has 1 aromatic carbocycles. The molecule has 0 unspecified atom stereocenters. The molecule has 0 amide bonds. The van der Waals surface area contributed by atoms with Crippen LogP contribution in [0.15, 0.2) is 36.5 Å². The van der Waals surface area contributed by atoms with Crippen molar-refractivity contribution in [3.05, 3.63) is 42.2 Å². The summed E-state index contributed by atoms with van der Waals surface area (Å²) in [5.41, 5.74) is 7.52. The molecule has 1 aliphatic rings. The Hall–Kier alpha value is -2.30. The Morgan fingerprint density at radius 2 is 2.00 bits per heavy atom. The predicted octanol–water partition coefficient (Wildman–Crippen LogP) is 2.16. The fraction of sp³-hybridized carbons (Fsp3) is 0.286. The van der Waals surface area contributed by atoms with Gasteiger partial charge in [-0.2, -0.15) is 5.10 Å². The fourth-order valence-corrected chi connectivity index (χ4v) is 1.90. The quantitative estimate of drug-likeness (QED) is 0.675. The zero-order valence-electron chi connectivity index (χ0n) is 10.5. The van der Waals surface area contributed by atoms with Gasteiger partial charge in [0.05, 0.1) is 5.69 Å². The van der Waals surface area contributed by atoms with E-state index in [2.05, 4.69) is 5.10 Å². The van der Waals surface area contributed by atoms with Gasteiger partial charge in [0.25, 0.3) is 0 Å². The summed E-state index contributed by atoms with van der Waals surface area (Å²) in [5.74, 6) is -0.348. The molecule has 5 heteroatoms. The number of hydrogen-bond acceptors (Lipinski definition) is 4. The SMILES string of the molecule is Nc1ccc(-n2ccc(C(=O)OC3CCC3)n2)cc1. The van der Waals surface area contributed by atoms with Crippen LogP contribution in [0.3, 0.4) is 0 Å². The number of nitrogens with two attached hydrogens (primary N) is 1. The molecule has 2 aromatic rings. The van der Waals surface area contributed by atoms with Crippen LogP contribution in [0, 0.1) is 0 Å². The smallest absolute Gasteiger partial charge is 0.359 e. The molecule has 19 heavy (non-hydrogen) atoms. The zero-order valence-corrected chi connectivity index (χ0v) is 10.5. The average molecular weight is 257 g/mol. The normalized spacial score (nSPS) is 14.9. The van der Waals surface area contributed by atoms with Gasteiger partial charge >= 0.3 is 5.97 Å². The van der Waals surface area contributed by atoms with Crippen LogP contribution >= 0.6 is 0 Å². The second kappa shape index (κ2) is 4.76. The standard InChI is InChI=1S/C14H15N3O2/c15-10-4-6-11(7-5-10)17-9-8-13(16-17)14(18)19-12-2-1-3-12/h4-9,12H,1-3,15H2. The molecule has 1 fully saturated rings. The van der Waals surface area contributed by atoms with Crippen molar-refractivity contribution in [3.63, 3.8) is 0 Å². The number of ether oxygens (including phenoxy) is 1. The number of aromatic nitrogens is 2. The number of benzene rings is 1. The van der Waals surface area contributed by atoms with Gasteiger partial charge in [-0.3, -0.25) is 0 Å². The van der Waals surface area contributed by atoms with Crippen LogP contribution in [0.2, 0.25) is 0 Å². The van der Waals surface area contributed by atoms with Crippen LogP contribution in [0.1, 0.15) is 29.8 Å². The largest absolute Gasteiger partial charge is 0.458 e. The van der Waals surface area contributed by atoms with Crippen molar-refractivity contribution in [1.82, 2.24) is 9.78 Å². The van der Waals surface area contributed by atoms with E-state index in [1.807, 2.05) is 12.1 Å². The van der Waals surface area contributed by atoms with E-state index in [9.17, 15) is 4.79 Å². The molecule has 1 aliphatic carbocycles. The van der Waals surface area contributed by atoms with E-state index in [-0.39, 0.29) is 12.1 Å². The minimum atomic E-state index is -0.348. The second-order valence-corrected chi connectivity index (χ2v) is 4.70. The van der Waals surface area contributed by atoms with Crippen molar-refractivity contribution in [3.8, 4) is 5.69 Å². The van der Waals surface area contributed by atoms with E-state index in [0.717, 1.165) is 24.9 Å². The molecular weight excluding hydrogens is 242 g/mol. The van der Waals surface area contributed by atoms with Crippen molar-refractivity contribution in [2.45, 2.75) is 25.4 Å². The van der Waals surface area contributed by atoms with Crippen LogP contribution in [-0.4, -0.2) is 21.9 Å². The van der Waals surface area contributed by atoms with Gasteiger partial charge in [-0.1, -0.05) is 0 Å². The maximum Gasteiger partial charge on any atom is 0.359 e. The number of nitrogen functional groups attached to an aromatic ring is 1. The fourth-order valence-electron chi connectivity index (χ4n) is 1.90. The molecule has 1 aromatic heterocycles. The van der Waals surface area contributed by atoms with Crippen LogP contribution in [-0.2, 0) is 4.74 Å². The minimum Gasteiger partial charge on any atom is -0.458 e. The van der Waals surface area contributed by atoms with Crippen LogP contribution in [0.5, 0.6) is 0 Å². The number of carbonyl (C=O) groups is 1. The van der Waals surface area contributed by atoms with Crippen molar-refractivity contribution in [1.29, 1.82) is 0 Å². The molecule has 0 spiro atoms. The highest BCUT2D eigenvalue weighted by Crippen LogP contribution is 2.23. The van der Waals surface area contributed by atoms with Crippen molar-refractivity contribution in [2.24, 2.45) is 0 Å². The second-order valence-electron chi connectivity index (χ2n) is 4.70. The summed E-state index contributed by atoms with van der Waals surface area (Å²) in [6, 6.07) is 8.96. The highest BCUT2D eigenvalue weighted by molar-refractivity contribution is 5.87. The molecule has 1 saturated carbocycles. The predicted molar refractivity (Wildman–Crippen MR) is 71.0 cm³/mol. The Morgan fingerprint density at radius 1 is 1.26 bits per heavy atom. The molecule has 98 valence electrons. The molecule has 0 atom stereocenters. The van der Waals surface area contributed by atoms with E-state index in [0.29, 0.717) is 11.4 Å². The summed E-state index contributed by atoms with van der Waals surface area (Å²) in [7, 11) is 0. The first kappa shape index (κ1) is 11.8. The lowest BCUT2D eigenvalue weighted by atomic mass is 9.96. The highest BCUT2D eigenvalue weighted by Gasteiger charge is 2.23. The number of nitrogens with zero attached hydrogens (tertiary/aromatic N) is 2. The maximum absolute atomic E-state index is 11.8. The molecular formula is C14H15N3O2. The monoisotopic (exact) mass is 257 g/mol. The number of hydrogen-bond donors (Lipinski definition) is 1. The van der Waals surface area contributed by atoms with Gasteiger partial charge in [-0.15, -0.1) is 0 Å². The van der Waals surface area contributed by atoms with Crippen molar-refractivity contribution < 1.29 is 9.53 Å². The van der Waals surface area contributed by atoms with Gasteiger partial charge in [0, 0.05) is 11.9 Å². The summed E-state index contributed by atoms with van der Waals surface area (Å²) in [6.45, 7) is 0. The van der Waals surface area contributed by atoms with Gasteiger partial charge in [0.15, 0.2) is 5.69 Å². The van der Waals surface area contributed by atoms with Gasteiger partial charge in [-0.05, 0) is 49.6 Å². The molecule has 2 N–H and O–H groups in total. The Kier molecular flexibility index (Phi) is 2.95. The van der Waals surface area contributed by atoms with Crippen LogP contribution < -0.4 is 5.73 Å². The molecule has 3 rings (SSSR count). The Bertz CT molecular complexity index is 585.